The Morgan fingerprint density at radius 1 is 1.21 bits per heavy atom. The van der Waals surface area contributed by atoms with Gasteiger partial charge in [-0.25, -0.2) is 5.10 Å². The summed E-state index contributed by atoms with van der Waals surface area (Å²) in [6.07, 6.45) is 5.01. The summed E-state index contributed by atoms with van der Waals surface area (Å²) in [6, 6.07) is 8.79. The molecule has 3 aromatic rings. The third-order valence-corrected chi connectivity index (χ3v) is 3.87. The Bertz CT molecular complexity index is 903. The first kappa shape index (κ1) is 16.6. The molecular weight excluding hydrogens is 369 g/mol. The summed E-state index contributed by atoms with van der Waals surface area (Å²) in [7, 11) is 0. The topological polar surface area (TPSA) is 68.1 Å². The number of para-hydroxylation sites is 1. The Morgan fingerprint density at radius 3 is 2.62 bits per heavy atom. The molecule has 0 spiro atoms. The first-order chi connectivity index (χ1) is 11.6. The maximum absolute atomic E-state index is 6.08. The zero-order valence-corrected chi connectivity index (χ0v) is 14.5. The van der Waals surface area contributed by atoms with Gasteiger partial charge in [0.1, 0.15) is 6.61 Å². The Labute approximate surface area is 152 Å². The van der Waals surface area contributed by atoms with Gasteiger partial charge in [-0.05, 0) is 42.0 Å². The number of rotatable bonds is 5. The molecule has 0 unspecified atom stereocenters. The smallest absolute Gasteiger partial charge is 0.216 e. The summed E-state index contributed by atoms with van der Waals surface area (Å²) in [4.78, 5) is 3.95. The normalized spacial score (nSPS) is 11.1. The largest absolute Gasteiger partial charge is 0.482 e. The van der Waals surface area contributed by atoms with E-state index in [4.69, 9.17) is 40.2 Å². The molecule has 0 aliphatic carbocycles. The van der Waals surface area contributed by atoms with Crippen LogP contribution in [-0.4, -0.2) is 26.1 Å². The molecule has 6 nitrogen and oxygen atoms in total. The number of ether oxygens (including phenoxy) is 1. The SMILES string of the molecule is S=c1[nH]nc(COc2c(Cl)cccc2Cl)n1/N=C\c1ccncc1. The average molecular weight is 380 g/mol. The lowest BCUT2D eigenvalue weighted by Gasteiger charge is -2.08. The predicted molar refractivity (Wildman–Crippen MR) is 95.4 cm³/mol. The van der Waals surface area contributed by atoms with E-state index in [9.17, 15) is 0 Å². The van der Waals surface area contributed by atoms with Crippen molar-refractivity contribution in [1.29, 1.82) is 0 Å². The number of halogens is 2. The number of nitrogens with one attached hydrogen (secondary N) is 1. The van der Waals surface area contributed by atoms with Gasteiger partial charge in [-0.2, -0.15) is 14.9 Å². The van der Waals surface area contributed by atoms with Crippen molar-refractivity contribution >= 4 is 41.6 Å². The molecule has 0 atom stereocenters. The minimum Gasteiger partial charge on any atom is -0.482 e. The number of aromatic amines is 1. The van der Waals surface area contributed by atoms with E-state index in [1.807, 2.05) is 12.1 Å². The average Bonchev–Trinajstić information content (AvgIpc) is 2.93. The lowest BCUT2D eigenvalue weighted by Crippen LogP contribution is -2.04. The van der Waals surface area contributed by atoms with Crippen LogP contribution in [-0.2, 0) is 6.61 Å². The Kier molecular flexibility index (Phi) is 5.24. The molecule has 0 radical (unpaired) electrons. The second-order valence-corrected chi connectivity index (χ2v) is 5.82. The Balaban J connectivity index is 1.80. The van der Waals surface area contributed by atoms with Crippen LogP contribution in [0.25, 0.3) is 0 Å². The van der Waals surface area contributed by atoms with Gasteiger partial charge in [0.05, 0.1) is 16.3 Å². The predicted octanol–water partition coefficient (Wildman–Crippen LogP) is 4.10. The van der Waals surface area contributed by atoms with E-state index < -0.39 is 0 Å². The molecule has 122 valence electrons. The van der Waals surface area contributed by atoms with Gasteiger partial charge >= 0.3 is 0 Å². The number of aromatic nitrogens is 4. The van der Waals surface area contributed by atoms with Crippen molar-refractivity contribution in [3.8, 4) is 5.75 Å². The van der Waals surface area contributed by atoms with Gasteiger partial charge in [0.2, 0.25) is 4.77 Å². The van der Waals surface area contributed by atoms with Crippen LogP contribution in [0.3, 0.4) is 0 Å². The lowest BCUT2D eigenvalue weighted by atomic mass is 10.3. The number of pyridine rings is 1. The van der Waals surface area contributed by atoms with Crippen LogP contribution in [0.1, 0.15) is 11.4 Å². The molecule has 0 saturated carbocycles. The molecule has 24 heavy (non-hydrogen) atoms. The summed E-state index contributed by atoms with van der Waals surface area (Å²) in [6.45, 7) is 0.101. The third kappa shape index (κ3) is 3.81. The lowest BCUT2D eigenvalue weighted by molar-refractivity contribution is 0.291. The molecule has 9 heteroatoms. The molecule has 2 heterocycles. The first-order valence-electron chi connectivity index (χ1n) is 6.82. The molecule has 2 aromatic heterocycles. The third-order valence-electron chi connectivity index (χ3n) is 3.01. The highest BCUT2D eigenvalue weighted by Gasteiger charge is 2.10. The maximum Gasteiger partial charge on any atom is 0.216 e. The molecule has 0 amide bonds. The van der Waals surface area contributed by atoms with Crippen molar-refractivity contribution in [1.82, 2.24) is 19.9 Å². The number of H-pyrrole nitrogens is 1. The van der Waals surface area contributed by atoms with Gasteiger partial charge in [0.15, 0.2) is 11.6 Å². The van der Waals surface area contributed by atoms with E-state index in [-0.39, 0.29) is 6.61 Å². The van der Waals surface area contributed by atoms with Crippen LogP contribution in [0.5, 0.6) is 5.75 Å². The fourth-order valence-electron chi connectivity index (χ4n) is 1.87. The van der Waals surface area contributed by atoms with Gasteiger partial charge in [-0.1, -0.05) is 29.3 Å². The molecule has 0 aliphatic heterocycles. The second kappa shape index (κ2) is 7.57. The fraction of sp³-hybridized carbons (Fsp3) is 0.0667. The van der Waals surface area contributed by atoms with Crippen molar-refractivity contribution in [2.75, 3.05) is 0 Å². The number of hydrogen-bond donors (Lipinski definition) is 1. The fourth-order valence-corrected chi connectivity index (χ4v) is 2.57. The minimum absolute atomic E-state index is 0.101. The quantitative estimate of drug-likeness (QED) is 0.535. The van der Waals surface area contributed by atoms with Crippen LogP contribution in [0.2, 0.25) is 10.0 Å². The molecule has 0 bridgehead atoms. The van der Waals surface area contributed by atoms with Gasteiger partial charge in [-0.15, -0.1) is 0 Å². The van der Waals surface area contributed by atoms with Crippen LogP contribution in [0.15, 0.2) is 47.8 Å². The molecule has 0 saturated heterocycles. The van der Waals surface area contributed by atoms with Gasteiger partial charge in [0, 0.05) is 12.4 Å². The number of benzene rings is 1. The summed E-state index contributed by atoms with van der Waals surface area (Å²) in [5.74, 6) is 0.876. The van der Waals surface area contributed by atoms with Crippen LogP contribution >= 0.6 is 35.4 Å². The van der Waals surface area contributed by atoms with Gasteiger partial charge in [-0.3, -0.25) is 4.98 Å². The second-order valence-electron chi connectivity index (χ2n) is 4.62. The van der Waals surface area contributed by atoms with Gasteiger partial charge in [0.25, 0.3) is 0 Å². The van der Waals surface area contributed by atoms with E-state index in [0.29, 0.717) is 26.4 Å². The first-order valence-corrected chi connectivity index (χ1v) is 7.99. The Hall–Kier alpha value is -2.22. The van der Waals surface area contributed by atoms with Crippen LogP contribution in [0, 0.1) is 4.77 Å². The standard InChI is InChI=1S/C15H11Cl2N5OS/c16-11-2-1-3-12(17)14(11)23-9-13-20-21-15(24)22(13)19-8-10-4-6-18-7-5-10/h1-8H,9H2,(H,21,24)/b19-8-. The highest BCUT2D eigenvalue weighted by molar-refractivity contribution is 7.71. The summed E-state index contributed by atoms with van der Waals surface area (Å²) < 4.78 is 7.49. The van der Waals surface area contributed by atoms with Gasteiger partial charge < -0.3 is 4.74 Å². The van der Waals surface area contributed by atoms with Crippen molar-refractivity contribution in [3.05, 3.63) is 68.9 Å². The van der Waals surface area contributed by atoms with Crippen molar-refractivity contribution in [3.63, 3.8) is 0 Å². The highest BCUT2D eigenvalue weighted by Crippen LogP contribution is 2.32. The van der Waals surface area contributed by atoms with Crippen LogP contribution in [0.4, 0.5) is 0 Å². The molecule has 1 aromatic carbocycles. The van der Waals surface area contributed by atoms with E-state index in [2.05, 4.69) is 20.3 Å². The van der Waals surface area contributed by atoms with E-state index in [1.165, 1.54) is 4.68 Å². The zero-order valence-electron chi connectivity index (χ0n) is 12.2. The van der Waals surface area contributed by atoms with E-state index in [1.54, 1.807) is 36.8 Å². The molecule has 0 fully saturated rings. The van der Waals surface area contributed by atoms with Crippen molar-refractivity contribution < 1.29 is 4.74 Å². The number of hydrogen-bond acceptors (Lipinski definition) is 5. The van der Waals surface area contributed by atoms with Crippen molar-refractivity contribution in [2.45, 2.75) is 6.61 Å². The minimum atomic E-state index is 0.101. The molecule has 1 N–H and O–H groups in total. The Morgan fingerprint density at radius 2 is 1.92 bits per heavy atom. The van der Waals surface area contributed by atoms with E-state index >= 15 is 0 Å². The summed E-state index contributed by atoms with van der Waals surface area (Å²) >= 11 is 17.3. The summed E-state index contributed by atoms with van der Waals surface area (Å²) in [5.41, 5.74) is 0.883. The molecular formula is C15H11Cl2N5OS. The van der Waals surface area contributed by atoms with Crippen LogP contribution < -0.4 is 4.74 Å². The maximum atomic E-state index is 6.08. The molecule has 0 aliphatic rings. The van der Waals surface area contributed by atoms with Crippen molar-refractivity contribution in [2.24, 2.45) is 5.10 Å². The monoisotopic (exact) mass is 379 g/mol. The number of nitrogens with zero attached hydrogens (tertiary/aromatic N) is 4. The summed E-state index contributed by atoms with van der Waals surface area (Å²) in [5, 5.41) is 11.9. The molecule has 3 rings (SSSR count). The highest BCUT2D eigenvalue weighted by atomic mass is 35.5. The zero-order chi connectivity index (χ0) is 16.9. The van der Waals surface area contributed by atoms with E-state index in [0.717, 1.165) is 5.56 Å².